The van der Waals surface area contributed by atoms with Crippen molar-refractivity contribution in [1.29, 1.82) is 0 Å². The summed E-state index contributed by atoms with van der Waals surface area (Å²) in [6.45, 7) is 2.76. The first kappa shape index (κ1) is 18.5. The van der Waals surface area contributed by atoms with Crippen LogP contribution in [0.1, 0.15) is 37.2 Å². The third-order valence-corrected chi connectivity index (χ3v) is 5.57. The smallest absolute Gasteiger partial charge is 0.319 e. The molecule has 6 nitrogen and oxygen atoms in total. The van der Waals surface area contributed by atoms with Crippen molar-refractivity contribution in [1.82, 2.24) is 14.7 Å². The van der Waals surface area contributed by atoms with E-state index in [1.165, 1.54) is 0 Å². The van der Waals surface area contributed by atoms with Crippen LogP contribution in [0.15, 0.2) is 24.3 Å². The van der Waals surface area contributed by atoms with Crippen molar-refractivity contribution in [3.63, 3.8) is 0 Å². The Labute approximate surface area is 155 Å². The van der Waals surface area contributed by atoms with E-state index in [-0.39, 0.29) is 17.9 Å². The number of phenolic OH excluding ortho intramolecular Hbond substituents is 1. The molecule has 2 aliphatic heterocycles. The largest absolute Gasteiger partial charge is 0.508 e. The number of hydrogen-bond donors (Lipinski definition) is 1. The first-order chi connectivity index (χ1) is 12.5. The average molecular weight is 359 g/mol. The highest BCUT2D eigenvalue weighted by molar-refractivity contribution is 5.81. The minimum Gasteiger partial charge on any atom is -0.508 e. The third-order valence-electron chi connectivity index (χ3n) is 5.57. The molecule has 3 rings (SSSR count). The third kappa shape index (κ3) is 4.11. The van der Waals surface area contributed by atoms with Crippen LogP contribution >= 0.6 is 0 Å². The molecule has 2 saturated heterocycles. The number of carbonyl (C=O) groups is 2. The number of piperidine rings is 2. The minimum atomic E-state index is -0.0787. The zero-order chi connectivity index (χ0) is 18.7. The van der Waals surface area contributed by atoms with Gasteiger partial charge in [-0.2, -0.15) is 0 Å². The van der Waals surface area contributed by atoms with Crippen LogP contribution in [-0.4, -0.2) is 72.0 Å². The maximum absolute atomic E-state index is 12.9. The topological polar surface area (TPSA) is 64.1 Å². The molecule has 0 aliphatic carbocycles. The van der Waals surface area contributed by atoms with Crippen molar-refractivity contribution < 1.29 is 14.7 Å². The van der Waals surface area contributed by atoms with Gasteiger partial charge in [-0.05, 0) is 49.3 Å². The maximum Gasteiger partial charge on any atom is 0.319 e. The number of hydrogen-bond acceptors (Lipinski definition) is 3. The number of phenols is 1. The van der Waals surface area contributed by atoms with Gasteiger partial charge in [0.1, 0.15) is 5.75 Å². The molecule has 26 heavy (non-hydrogen) atoms. The van der Waals surface area contributed by atoms with Crippen LogP contribution in [-0.2, 0) is 4.79 Å². The molecule has 0 bridgehead atoms. The molecule has 0 aromatic heterocycles. The highest BCUT2D eigenvalue weighted by atomic mass is 16.3. The summed E-state index contributed by atoms with van der Waals surface area (Å²) in [5, 5.41) is 9.66. The van der Waals surface area contributed by atoms with E-state index in [1.54, 1.807) is 30.0 Å². The first-order valence-corrected chi connectivity index (χ1v) is 9.49. The highest BCUT2D eigenvalue weighted by Crippen LogP contribution is 2.31. The lowest BCUT2D eigenvalue weighted by atomic mass is 9.88. The van der Waals surface area contributed by atoms with Gasteiger partial charge in [-0.1, -0.05) is 12.1 Å². The Bertz CT molecular complexity index is 653. The van der Waals surface area contributed by atoms with Gasteiger partial charge in [-0.15, -0.1) is 0 Å². The molecule has 2 fully saturated rings. The standard InChI is InChI=1S/C20H29N3O3/c1-21(2)20(26)23-10-4-6-17(14-23)19(25)22-11-8-15(9-12-22)16-5-3-7-18(24)13-16/h3,5,7,13,15,17,24H,4,6,8-12,14H2,1-2H3/t17-/m0/s1. The minimum absolute atomic E-state index is 0.00917. The van der Waals surface area contributed by atoms with E-state index in [4.69, 9.17) is 0 Å². The Balaban J connectivity index is 1.55. The molecule has 1 atom stereocenters. The van der Waals surface area contributed by atoms with Crippen molar-refractivity contribution in [2.45, 2.75) is 31.6 Å². The van der Waals surface area contributed by atoms with E-state index in [2.05, 4.69) is 0 Å². The summed E-state index contributed by atoms with van der Waals surface area (Å²) in [6.07, 6.45) is 3.59. The zero-order valence-corrected chi connectivity index (χ0v) is 15.7. The van der Waals surface area contributed by atoms with Crippen LogP contribution in [0.5, 0.6) is 5.75 Å². The van der Waals surface area contributed by atoms with Crippen LogP contribution in [0, 0.1) is 5.92 Å². The molecule has 0 unspecified atom stereocenters. The van der Waals surface area contributed by atoms with Crippen molar-refractivity contribution in [3.8, 4) is 5.75 Å². The zero-order valence-electron chi connectivity index (χ0n) is 15.7. The lowest BCUT2D eigenvalue weighted by molar-refractivity contribution is -0.138. The first-order valence-electron chi connectivity index (χ1n) is 9.49. The summed E-state index contributed by atoms with van der Waals surface area (Å²) in [6, 6.07) is 7.43. The Hall–Kier alpha value is -2.24. The van der Waals surface area contributed by atoms with E-state index in [9.17, 15) is 14.7 Å². The molecule has 142 valence electrons. The van der Waals surface area contributed by atoms with Gasteiger partial charge in [-0.25, -0.2) is 4.79 Å². The van der Waals surface area contributed by atoms with E-state index in [0.717, 1.165) is 50.9 Å². The molecule has 3 amide bonds. The molecule has 6 heteroatoms. The Morgan fingerprint density at radius 3 is 2.46 bits per heavy atom. The van der Waals surface area contributed by atoms with Crippen molar-refractivity contribution >= 4 is 11.9 Å². The van der Waals surface area contributed by atoms with Crippen molar-refractivity contribution in [2.75, 3.05) is 40.3 Å². The van der Waals surface area contributed by atoms with Crippen LogP contribution in [0.25, 0.3) is 0 Å². The number of likely N-dealkylation sites (tertiary alicyclic amines) is 2. The molecule has 0 saturated carbocycles. The molecule has 1 aromatic rings. The SMILES string of the molecule is CN(C)C(=O)N1CCC[C@H](C(=O)N2CCC(c3cccc(O)c3)CC2)C1. The fraction of sp³-hybridized carbons (Fsp3) is 0.600. The molecule has 0 spiro atoms. The van der Waals surface area contributed by atoms with E-state index in [1.807, 2.05) is 23.1 Å². The van der Waals surface area contributed by atoms with Gasteiger partial charge < -0.3 is 19.8 Å². The summed E-state index contributed by atoms with van der Waals surface area (Å²) in [5.74, 6) is 0.804. The number of rotatable bonds is 2. The number of benzene rings is 1. The molecular weight excluding hydrogens is 330 g/mol. The normalized spacial score (nSPS) is 21.5. The fourth-order valence-corrected chi connectivity index (χ4v) is 4.11. The number of amides is 3. The van der Waals surface area contributed by atoms with Crippen LogP contribution in [0.4, 0.5) is 4.79 Å². The van der Waals surface area contributed by atoms with Gasteiger partial charge in [-0.3, -0.25) is 4.79 Å². The van der Waals surface area contributed by atoms with Crippen LogP contribution in [0.2, 0.25) is 0 Å². The van der Waals surface area contributed by atoms with Gasteiger partial charge in [0.2, 0.25) is 5.91 Å². The maximum atomic E-state index is 12.9. The highest BCUT2D eigenvalue weighted by Gasteiger charge is 2.33. The summed E-state index contributed by atoms with van der Waals surface area (Å²) < 4.78 is 0. The van der Waals surface area contributed by atoms with E-state index < -0.39 is 0 Å². The van der Waals surface area contributed by atoms with Crippen LogP contribution in [0.3, 0.4) is 0 Å². The van der Waals surface area contributed by atoms with Gasteiger partial charge in [0.25, 0.3) is 0 Å². The lowest BCUT2D eigenvalue weighted by Gasteiger charge is -2.38. The lowest BCUT2D eigenvalue weighted by Crippen LogP contribution is -2.50. The van der Waals surface area contributed by atoms with Gasteiger partial charge in [0, 0.05) is 40.3 Å². The second kappa shape index (κ2) is 7.98. The van der Waals surface area contributed by atoms with Crippen molar-refractivity contribution in [3.05, 3.63) is 29.8 Å². The predicted octanol–water partition coefficient (Wildman–Crippen LogP) is 2.49. The summed E-state index contributed by atoms with van der Waals surface area (Å²) >= 11 is 0. The monoisotopic (exact) mass is 359 g/mol. The van der Waals surface area contributed by atoms with Gasteiger partial charge in [0.15, 0.2) is 0 Å². The number of urea groups is 1. The molecule has 2 aliphatic rings. The van der Waals surface area contributed by atoms with E-state index in [0.29, 0.717) is 18.2 Å². The van der Waals surface area contributed by atoms with Crippen LogP contribution < -0.4 is 0 Å². The second-order valence-electron chi connectivity index (χ2n) is 7.66. The average Bonchev–Trinajstić information content (AvgIpc) is 2.67. The number of nitrogens with zero attached hydrogens (tertiary/aromatic N) is 3. The number of aromatic hydroxyl groups is 1. The molecule has 1 N–H and O–H groups in total. The Kier molecular flexibility index (Phi) is 5.69. The van der Waals surface area contributed by atoms with Crippen molar-refractivity contribution in [2.24, 2.45) is 5.92 Å². The molecule has 1 aromatic carbocycles. The summed E-state index contributed by atoms with van der Waals surface area (Å²) in [5.41, 5.74) is 1.15. The predicted molar refractivity (Wildman–Crippen MR) is 100 cm³/mol. The van der Waals surface area contributed by atoms with Gasteiger partial charge in [0.05, 0.1) is 5.92 Å². The fourth-order valence-electron chi connectivity index (χ4n) is 4.11. The summed E-state index contributed by atoms with van der Waals surface area (Å²) in [7, 11) is 3.50. The molecular formula is C20H29N3O3. The van der Waals surface area contributed by atoms with E-state index >= 15 is 0 Å². The number of carbonyl (C=O) groups excluding carboxylic acids is 2. The Morgan fingerprint density at radius 2 is 1.81 bits per heavy atom. The van der Waals surface area contributed by atoms with Gasteiger partial charge >= 0.3 is 6.03 Å². The molecule has 0 radical (unpaired) electrons. The molecule has 2 heterocycles. The quantitative estimate of drug-likeness (QED) is 0.882. The summed E-state index contributed by atoms with van der Waals surface area (Å²) in [4.78, 5) is 30.4. The Morgan fingerprint density at radius 1 is 1.08 bits per heavy atom. The second-order valence-corrected chi connectivity index (χ2v) is 7.66.